The van der Waals surface area contributed by atoms with Gasteiger partial charge in [0.2, 0.25) is 0 Å². The van der Waals surface area contributed by atoms with Crippen molar-refractivity contribution < 1.29 is 9.53 Å². The molecule has 2 aromatic rings. The maximum atomic E-state index is 12.6. The summed E-state index contributed by atoms with van der Waals surface area (Å²) in [5, 5.41) is 0. The highest BCUT2D eigenvalue weighted by Gasteiger charge is 2.19. The SMILES string of the molecule is CCc1ccc(N(C)C(=O)c2cccc(N)c2OC)cc1. The molecule has 0 atom stereocenters. The first-order valence-corrected chi connectivity index (χ1v) is 6.88. The lowest BCUT2D eigenvalue weighted by molar-refractivity contribution is 0.0990. The van der Waals surface area contributed by atoms with Crippen molar-refractivity contribution in [1.82, 2.24) is 0 Å². The third kappa shape index (κ3) is 2.99. The molecule has 2 rings (SSSR count). The quantitative estimate of drug-likeness (QED) is 0.878. The highest BCUT2D eigenvalue weighted by atomic mass is 16.5. The number of nitrogens with zero attached hydrogens (tertiary/aromatic N) is 1. The monoisotopic (exact) mass is 284 g/mol. The maximum absolute atomic E-state index is 12.6. The molecule has 0 aliphatic heterocycles. The molecule has 2 N–H and O–H groups in total. The number of carbonyl (C=O) groups excluding carboxylic acids is 1. The summed E-state index contributed by atoms with van der Waals surface area (Å²) in [6, 6.07) is 13.1. The van der Waals surface area contributed by atoms with Gasteiger partial charge in [-0.05, 0) is 36.2 Å². The summed E-state index contributed by atoms with van der Waals surface area (Å²) in [5.74, 6) is 0.267. The van der Waals surface area contributed by atoms with Gasteiger partial charge in [-0.3, -0.25) is 4.79 Å². The lowest BCUT2D eigenvalue weighted by Crippen LogP contribution is -2.26. The van der Waals surface area contributed by atoms with Crippen LogP contribution < -0.4 is 15.4 Å². The van der Waals surface area contributed by atoms with E-state index < -0.39 is 0 Å². The molecule has 0 aliphatic rings. The summed E-state index contributed by atoms with van der Waals surface area (Å²) in [6.45, 7) is 2.10. The number of aryl methyl sites for hydroxylation is 1. The molecular weight excluding hydrogens is 264 g/mol. The highest BCUT2D eigenvalue weighted by molar-refractivity contribution is 6.08. The Bertz CT molecular complexity index is 636. The summed E-state index contributed by atoms with van der Waals surface area (Å²) in [6.07, 6.45) is 0.973. The van der Waals surface area contributed by atoms with Gasteiger partial charge in [-0.1, -0.05) is 25.1 Å². The number of hydrogen-bond donors (Lipinski definition) is 1. The van der Waals surface area contributed by atoms with Crippen LogP contribution in [0, 0.1) is 0 Å². The molecule has 0 aromatic heterocycles. The second kappa shape index (κ2) is 6.31. The first-order valence-electron chi connectivity index (χ1n) is 6.88. The molecule has 4 heteroatoms. The van der Waals surface area contributed by atoms with E-state index in [9.17, 15) is 4.79 Å². The average molecular weight is 284 g/mol. The lowest BCUT2D eigenvalue weighted by Gasteiger charge is -2.19. The van der Waals surface area contributed by atoms with Crippen LogP contribution in [0.25, 0.3) is 0 Å². The van der Waals surface area contributed by atoms with Crippen molar-refractivity contribution in [3.8, 4) is 5.75 Å². The Balaban J connectivity index is 2.32. The molecule has 0 radical (unpaired) electrons. The van der Waals surface area contributed by atoms with Crippen LogP contribution in [0.3, 0.4) is 0 Å². The Labute approximate surface area is 125 Å². The van der Waals surface area contributed by atoms with Crippen molar-refractivity contribution in [2.24, 2.45) is 0 Å². The molecule has 2 aromatic carbocycles. The number of benzene rings is 2. The normalized spacial score (nSPS) is 10.2. The van der Waals surface area contributed by atoms with Crippen LogP contribution in [-0.2, 0) is 6.42 Å². The Morgan fingerprint density at radius 2 is 1.86 bits per heavy atom. The summed E-state index contributed by atoms with van der Waals surface area (Å²) < 4.78 is 5.25. The van der Waals surface area contributed by atoms with E-state index in [1.807, 2.05) is 24.3 Å². The second-order valence-electron chi connectivity index (χ2n) is 4.81. The minimum absolute atomic E-state index is 0.150. The van der Waals surface area contributed by atoms with Gasteiger partial charge in [-0.25, -0.2) is 0 Å². The number of methoxy groups -OCH3 is 1. The molecule has 0 bridgehead atoms. The van der Waals surface area contributed by atoms with Crippen LogP contribution in [0.15, 0.2) is 42.5 Å². The highest BCUT2D eigenvalue weighted by Crippen LogP contribution is 2.28. The van der Waals surface area contributed by atoms with E-state index in [-0.39, 0.29) is 5.91 Å². The van der Waals surface area contributed by atoms with Crippen molar-refractivity contribution in [2.75, 3.05) is 24.8 Å². The van der Waals surface area contributed by atoms with Gasteiger partial charge < -0.3 is 15.4 Å². The molecule has 0 heterocycles. The van der Waals surface area contributed by atoms with Gasteiger partial charge in [0.25, 0.3) is 5.91 Å². The average Bonchev–Trinajstić information content (AvgIpc) is 2.53. The molecule has 110 valence electrons. The van der Waals surface area contributed by atoms with Crippen LogP contribution in [-0.4, -0.2) is 20.1 Å². The molecule has 0 saturated carbocycles. The van der Waals surface area contributed by atoms with Gasteiger partial charge in [0, 0.05) is 12.7 Å². The van der Waals surface area contributed by atoms with Crippen molar-refractivity contribution in [3.05, 3.63) is 53.6 Å². The minimum atomic E-state index is -0.150. The first-order chi connectivity index (χ1) is 10.1. The molecule has 21 heavy (non-hydrogen) atoms. The second-order valence-corrected chi connectivity index (χ2v) is 4.81. The Morgan fingerprint density at radius 3 is 2.43 bits per heavy atom. The molecule has 0 aliphatic carbocycles. The van der Waals surface area contributed by atoms with E-state index in [4.69, 9.17) is 10.5 Å². The Hall–Kier alpha value is -2.49. The van der Waals surface area contributed by atoms with Gasteiger partial charge in [0.15, 0.2) is 5.75 Å². The third-order valence-corrected chi connectivity index (χ3v) is 3.52. The fraction of sp³-hybridized carbons (Fsp3) is 0.235. The van der Waals surface area contributed by atoms with Gasteiger partial charge in [-0.2, -0.15) is 0 Å². The van der Waals surface area contributed by atoms with Gasteiger partial charge in [0.1, 0.15) is 0 Å². The van der Waals surface area contributed by atoms with Crippen LogP contribution in [0.4, 0.5) is 11.4 Å². The van der Waals surface area contributed by atoms with Crippen molar-refractivity contribution >= 4 is 17.3 Å². The standard InChI is InChI=1S/C17H20N2O2/c1-4-12-8-10-13(11-9-12)19(2)17(20)14-6-5-7-15(18)16(14)21-3/h5-11H,4,18H2,1-3H3. The molecule has 0 saturated heterocycles. The van der Waals surface area contributed by atoms with E-state index >= 15 is 0 Å². The van der Waals surface area contributed by atoms with Crippen molar-refractivity contribution in [2.45, 2.75) is 13.3 Å². The number of carbonyl (C=O) groups is 1. The van der Waals surface area contributed by atoms with Crippen LogP contribution >= 0.6 is 0 Å². The number of amides is 1. The van der Waals surface area contributed by atoms with Crippen molar-refractivity contribution in [3.63, 3.8) is 0 Å². The molecule has 4 nitrogen and oxygen atoms in total. The zero-order chi connectivity index (χ0) is 15.4. The van der Waals surface area contributed by atoms with Crippen LogP contribution in [0.5, 0.6) is 5.75 Å². The van der Waals surface area contributed by atoms with Crippen LogP contribution in [0.1, 0.15) is 22.8 Å². The zero-order valence-electron chi connectivity index (χ0n) is 12.6. The van der Waals surface area contributed by atoms with E-state index in [2.05, 4.69) is 6.92 Å². The number of rotatable bonds is 4. The number of nitrogens with two attached hydrogens (primary N) is 1. The van der Waals surface area contributed by atoms with Gasteiger partial charge >= 0.3 is 0 Å². The molecular formula is C17H20N2O2. The molecule has 0 fully saturated rings. The first kappa shape index (κ1) is 14.9. The molecule has 0 spiro atoms. The third-order valence-electron chi connectivity index (χ3n) is 3.52. The predicted molar refractivity (Wildman–Crippen MR) is 86.0 cm³/mol. The largest absolute Gasteiger partial charge is 0.494 e. The fourth-order valence-electron chi connectivity index (χ4n) is 2.20. The van der Waals surface area contributed by atoms with E-state index in [1.54, 1.807) is 30.1 Å². The van der Waals surface area contributed by atoms with Crippen molar-refractivity contribution in [1.29, 1.82) is 0 Å². The summed E-state index contributed by atoms with van der Waals surface area (Å²) in [7, 11) is 3.25. The van der Waals surface area contributed by atoms with E-state index in [0.717, 1.165) is 12.1 Å². The number of ether oxygens (including phenoxy) is 1. The topological polar surface area (TPSA) is 55.6 Å². The fourth-order valence-corrected chi connectivity index (χ4v) is 2.20. The van der Waals surface area contributed by atoms with E-state index in [1.165, 1.54) is 12.7 Å². The lowest BCUT2D eigenvalue weighted by atomic mass is 10.1. The summed E-state index contributed by atoms with van der Waals surface area (Å²) in [5.41, 5.74) is 8.84. The summed E-state index contributed by atoms with van der Waals surface area (Å²) in [4.78, 5) is 14.2. The molecule has 0 unspecified atom stereocenters. The number of anilines is 2. The number of para-hydroxylation sites is 1. The smallest absolute Gasteiger partial charge is 0.261 e. The van der Waals surface area contributed by atoms with E-state index in [0.29, 0.717) is 17.0 Å². The van der Waals surface area contributed by atoms with Gasteiger partial charge in [-0.15, -0.1) is 0 Å². The zero-order valence-corrected chi connectivity index (χ0v) is 12.6. The maximum Gasteiger partial charge on any atom is 0.261 e. The molecule has 1 amide bonds. The Morgan fingerprint density at radius 1 is 1.19 bits per heavy atom. The number of nitrogen functional groups attached to an aromatic ring is 1. The summed E-state index contributed by atoms with van der Waals surface area (Å²) >= 11 is 0. The predicted octanol–water partition coefficient (Wildman–Crippen LogP) is 3.12. The Kier molecular flexibility index (Phi) is 4.48. The van der Waals surface area contributed by atoms with Crippen LogP contribution in [0.2, 0.25) is 0 Å². The number of hydrogen-bond acceptors (Lipinski definition) is 3. The minimum Gasteiger partial charge on any atom is -0.494 e. The van der Waals surface area contributed by atoms with Gasteiger partial charge in [0.05, 0.1) is 18.4 Å².